The minimum Gasteiger partial charge on any atom is -0.392 e. The average molecular weight is 256 g/mol. The summed E-state index contributed by atoms with van der Waals surface area (Å²) in [6.07, 6.45) is 2.27. The highest BCUT2D eigenvalue weighted by Crippen LogP contribution is 2.14. The van der Waals surface area contributed by atoms with E-state index in [4.69, 9.17) is 4.74 Å². The monoisotopic (exact) mass is 256 g/mol. The smallest absolute Gasteiger partial charge is 0.0829 e. The molecule has 18 heavy (non-hydrogen) atoms. The Morgan fingerprint density at radius 2 is 2.06 bits per heavy atom. The Hall–Kier alpha value is -0.160. The Morgan fingerprint density at radius 3 is 2.78 bits per heavy atom. The predicted octanol–water partition coefficient (Wildman–Crippen LogP) is 0.800. The van der Waals surface area contributed by atoms with E-state index < -0.39 is 0 Å². The van der Waals surface area contributed by atoms with Crippen molar-refractivity contribution >= 4 is 0 Å². The molecule has 0 aromatic carbocycles. The van der Waals surface area contributed by atoms with Crippen molar-refractivity contribution < 1.29 is 9.84 Å². The molecule has 2 fully saturated rings. The van der Waals surface area contributed by atoms with E-state index in [0.717, 1.165) is 58.1 Å². The molecule has 0 aromatic rings. The standard InChI is InChI=1S/C14H28N2O2/c1-12(2)8-16-6-7-18-14(11-16)10-15-5-3-4-13(17)9-15/h12-14,17H,3-11H2,1-2H3. The second-order valence-corrected chi connectivity index (χ2v) is 6.20. The van der Waals surface area contributed by atoms with Crippen LogP contribution in [0.5, 0.6) is 0 Å². The van der Waals surface area contributed by atoms with Gasteiger partial charge in [-0.05, 0) is 25.3 Å². The lowest BCUT2D eigenvalue weighted by Crippen LogP contribution is -2.50. The third kappa shape index (κ3) is 4.50. The molecule has 0 saturated carbocycles. The number of piperidine rings is 1. The Labute approximate surface area is 111 Å². The van der Waals surface area contributed by atoms with Crippen LogP contribution in [-0.2, 0) is 4.74 Å². The van der Waals surface area contributed by atoms with E-state index in [2.05, 4.69) is 23.6 Å². The summed E-state index contributed by atoms with van der Waals surface area (Å²) in [6.45, 7) is 11.6. The van der Waals surface area contributed by atoms with Crippen molar-refractivity contribution in [2.45, 2.75) is 38.9 Å². The molecule has 4 nitrogen and oxygen atoms in total. The van der Waals surface area contributed by atoms with E-state index in [9.17, 15) is 5.11 Å². The topological polar surface area (TPSA) is 35.9 Å². The SMILES string of the molecule is CC(C)CN1CCOC(CN2CCCC(O)C2)C1. The van der Waals surface area contributed by atoms with Crippen LogP contribution in [-0.4, -0.2) is 73.0 Å². The van der Waals surface area contributed by atoms with Crippen molar-refractivity contribution in [3.8, 4) is 0 Å². The number of likely N-dealkylation sites (tertiary alicyclic amines) is 1. The Kier molecular flexibility index (Phi) is 5.42. The first-order valence-electron chi connectivity index (χ1n) is 7.38. The molecule has 2 atom stereocenters. The van der Waals surface area contributed by atoms with Gasteiger partial charge in [-0.25, -0.2) is 0 Å². The maximum atomic E-state index is 9.69. The van der Waals surface area contributed by atoms with Crippen LogP contribution in [0.25, 0.3) is 0 Å². The lowest BCUT2D eigenvalue weighted by atomic mass is 10.1. The number of hydrogen-bond donors (Lipinski definition) is 1. The molecule has 1 N–H and O–H groups in total. The second-order valence-electron chi connectivity index (χ2n) is 6.20. The van der Waals surface area contributed by atoms with Gasteiger partial charge in [0.15, 0.2) is 0 Å². The van der Waals surface area contributed by atoms with E-state index in [0.29, 0.717) is 6.10 Å². The lowest BCUT2D eigenvalue weighted by molar-refractivity contribution is -0.0545. The number of aliphatic hydroxyl groups excluding tert-OH is 1. The molecule has 2 unspecified atom stereocenters. The van der Waals surface area contributed by atoms with Gasteiger partial charge in [-0.3, -0.25) is 9.80 Å². The minimum absolute atomic E-state index is 0.130. The molecule has 0 amide bonds. The molecule has 2 rings (SSSR count). The first kappa shape index (κ1) is 14.3. The van der Waals surface area contributed by atoms with Crippen LogP contribution in [0.2, 0.25) is 0 Å². The quantitative estimate of drug-likeness (QED) is 0.807. The predicted molar refractivity (Wildman–Crippen MR) is 72.7 cm³/mol. The van der Waals surface area contributed by atoms with E-state index in [1.54, 1.807) is 0 Å². The summed E-state index contributed by atoms with van der Waals surface area (Å²) in [5.74, 6) is 0.723. The van der Waals surface area contributed by atoms with Crippen molar-refractivity contribution in [3.63, 3.8) is 0 Å². The Balaban J connectivity index is 1.74. The summed E-state index contributed by atoms with van der Waals surface area (Å²) in [4.78, 5) is 4.87. The molecule has 0 spiro atoms. The van der Waals surface area contributed by atoms with Crippen LogP contribution < -0.4 is 0 Å². The first-order chi connectivity index (χ1) is 8.63. The van der Waals surface area contributed by atoms with Crippen molar-refractivity contribution in [3.05, 3.63) is 0 Å². The lowest BCUT2D eigenvalue weighted by Gasteiger charge is -2.38. The number of β-amino-alcohol motifs (C(OH)–C–C–N with tert-alkyl or cyclic N) is 1. The summed E-state index contributed by atoms with van der Waals surface area (Å²) in [7, 11) is 0. The van der Waals surface area contributed by atoms with Gasteiger partial charge in [-0.15, -0.1) is 0 Å². The number of aliphatic hydroxyl groups is 1. The highest BCUT2D eigenvalue weighted by atomic mass is 16.5. The van der Waals surface area contributed by atoms with E-state index in [-0.39, 0.29) is 6.10 Å². The Morgan fingerprint density at radius 1 is 1.22 bits per heavy atom. The normalized spacial score (nSPS) is 32.0. The third-order valence-electron chi connectivity index (χ3n) is 3.79. The summed E-state index contributed by atoms with van der Waals surface area (Å²) in [6, 6.07) is 0. The molecule has 2 aliphatic rings. The van der Waals surface area contributed by atoms with E-state index >= 15 is 0 Å². The summed E-state index contributed by atoms with van der Waals surface area (Å²) < 4.78 is 5.86. The number of rotatable bonds is 4. The first-order valence-corrected chi connectivity index (χ1v) is 7.38. The van der Waals surface area contributed by atoms with Gasteiger partial charge in [0.05, 0.1) is 18.8 Å². The van der Waals surface area contributed by atoms with Gasteiger partial charge in [0.25, 0.3) is 0 Å². The maximum Gasteiger partial charge on any atom is 0.0829 e. The fraction of sp³-hybridized carbons (Fsp3) is 1.00. The fourth-order valence-corrected chi connectivity index (χ4v) is 3.06. The van der Waals surface area contributed by atoms with Crippen LogP contribution in [0.1, 0.15) is 26.7 Å². The van der Waals surface area contributed by atoms with Crippen molar-refractivity contribution in [1.29, 1.82) is 0 Å². The molecule has 2 aliphatic heterocycles. The van der Waals surface area contributed by atoms with Gasteiger partial charge in [0.1, 0.15) is 0 Å². The number of ether oxygens (including phenoxy) is 1. The molecule has 2 heterocycles. The van der Waals surface area contributed by atoms with Gasteiger partial charge in [0, 0.05) is 32.7 Å². The van der Waals surface area contributed by atoms with Gasteiger partial charge in [0.2, 0.25) is 0 Å². The van der Waals surface area contributed by atoms with Gasteiger partial charge >= 0.3 is 0 Å². The number of nitrogens with zero attached hydrogens (tertiary/aromatic N) is 2. The molecule has 0 radical (unpaired) electrons. The Bertz CT molecular complexity index is 248. The summed E-state index contributed by atoms with van der Waals surface area (Å²) >= 11 is 0. The van der Waals surface area contributed by atoms with E-state index in [1.807, 2.05) is 0 Å². The van der Waals surface area contributed by atoms with Crippen LogP contribution in [0.15, 0.2) is 0 Å². The number of morpholine rings is 1. The zero-order chi connectivity index (χ0) is 13.0. The molecule has 106 valence electrons. The summed E-state index contributed by atoms with van der Waals surface area (Å²) in [5, 5.41) is 9.69. The second kappa shape index (κ2) is 6.85. The molecular formula is C14H28N2O2. The zero-order valence-corrected chi connectivity index (χ0v) is 11.8. The zero-order valence-electron chi connectivity index (χ0n) is 11.8. The van der Waals surface area contributed by atoms with Crippen LogP contribution >= 0.6 is 0 Å². The number of hydrogen-bond acceptors (Lipinski definition) is 4. The highest BCUT2D eigenvalue weighted by Gasteiger charge is 2.25. The average Bonchev–Trinajstić information content (AvgIpc) is 2.28. The largest absolute Gasteiger partial charge is 0.392 e. The van der Waals surface area contributed by atoms with E-state index in [1.165, 1.54) is 6.54 Å². The van der Waals surface area contributed by atoms with Crippen molar-refractivity contribution in [1.82, 2.24) is 9.80 Å². The van der Waals surface area contributed by atoms with Crippen LogP contribution in [0.3, 0.4) is 0 Å². The van der Waals surface area contributed by atoms with Crippen LogP contribution in [0, 0.1) is 5.92 Å². The van der Waals surface area contributed by atoms with Gasteiger partial charge in [-0.2, -0.15) is 0 Å². The molecule has 0 aromatic heterocycles. The third-order valence-corrected chi connectivity index (χ3v) is 3.79. The molecule has 0 bridgehead atoms. The summed E-state index contributed by atoms with van der Waals surface area (Å²) in [5.41, 5.74) is 0. The van der Waals surface area contributed by atoms with Crippen LogP contribution in [0.4, 0.5) is 0 Å². The van der Waals surface area contributed by atoms with Gasteiger partial charge < -0.3 is 9.84 Å². The fourth-order valence-electron chi connectivity index (χ4n) is 3.06. The highest BCUT2D eigenvalue weighted by molar-refractivity contribution is 4.79. The maximum absolute atomic E-state index is 9.69. The van der Waals surface area contributed by atoms with Crippen molar-refractivity contribution in [2.75, 3.05) is 45.9 Å². The minimum atomic E-state index is -0.130. The molecule has 4 heteroatoms. The molecule has 2 saturated heterocycles. The van der Waals surface area contributed by atoms with Crippen molar-refractivity contribution in [2.24, 2.45) is 5.92 Å². The molecular weight excluding hydrogens is 228 g/mol. The van der Waals surface area contributed by atoms with Gasteiger partial charge in [-0.1, -0.05) is 13.8 Å². The molecule has 0 aliphatic carbocycles.